The fraction of sp³-hybridized carbons (Fsp3) is 0.429. The summed E-state index contributed by atoms with van der Waals surface area (Å²) in [6.45, 7) is 0. The Hall–Kier alpha value is -1.92. The maximum Gasteiger partial charge on any atom is 0.303 e. The first-order valence-electron chi connectivity index (χ1n) is 3.90. The van der Waals surface area contributed by atoms with Crippen LogP contribution in [0.3, 0.4) is 0 Å². The van der Waals surface area contributed by atoms with Crippen molar-refractivity contribution in [2.75, 3.05) is 7.05 Å². The van der Waals surface area contributed by atoms with Gasteiger partial charge in [-0.2, -0.15) is 4.98 Å². The number of hydrogen-bond acceptors (Lipinski definition) is 5. The zero-order valence-electron chi connectivity index (χ0n) is 7.48. The van der Waals surface area contributed by atoms with E-state index in [4.69, 9.17) is 5.11 Å². The number of carbonyl (C=O) groups excluding carboxylic acids is 1. The molecule has 1 amide bonds. The number of nitrogens with one attached hydrogen (secondary N) is 1. The Morgan fingerprint density at radius 3 is 2.86 bits per heavy atom. The summed E-state index contributed by atoms with van der Waals surface area (Å²) in [6.07, 6.45) is 0.0225. The van der Waals surface area contributed by atoms with Gasteiger partial charge in [0.25, 0.3) is 11.7 Å². The quantitative estimate of drug-likeness (QED) is 0.673. The molecule has 0 bridgehead atoms. The Kier molecular flexibility index (Phi) is 3.16. The Bertz CT molecular complexity index is 346. The van der Waals surface area contributed by atoms with Gasteiger partial charge in [-0.15, -0.1) is 0 Å². The first-order chi connectivity index (χ1) is 6.63. The number of aromatic nitrogens is 2. The lowest BCUT2D eigenvalue weighted by Crippen LogP contribution is -2.19. The van der Waals surface area contributed by atoms with Crippen LogP contribution in [0.2, 0.25) is 0 Å². The standard InChI is InChI=1S/C7H9N3O4/c1-8-7(13)6-9-4(14-10-6)2-3-5(11)12/h2-3H2,1H3,(H,8,13)(H,11,12). The Morgan fingerprint density at radius 1 is 1.57 bits per heavy atom. The molecule has 7 heteroatoms. The second-order valence-corrected chi connectivity index (χ2v) is 2.48. The molecule has 0 unspecified atom stereocenters. The molecule has 0 atom stereocenters. The Labute approximate surface area is 79.1 Å². The van der Waals surface area contributed by atoms with Gasteiger partial charge in [0, 0.05) is 13.5 Å². The fourth-order valence-electron chi connectivity index (χ4n) is 0.774. The normalized spacial score (nSPS) is 9.79. The van der Waals surface area contributed by atoms with E-state index in [1.165, 1.54) is 7.05 Å². The molecule has 0 aromatic carbocycles. The van der Waals surface area contributed by atoms with Crippen molar-refractivity contribution in [1.82, 2.24) is 15.5 Å². The molecule has 0 aliphatic rings. The molecule has 0 radical (unpaired) electrons. The van der Waals surface area contributed by atoms with Crippen LogP contribution in [0, 0.1) is 0 Å². The molecule has 0 saturated carbocycles. The zero-order valence-corrected chi connectivity index (χ0v) is 7.48. The number of aryl methyl sites for hydroxylation is 1. The van der Waals surface area contributed by atoms with Crippen LogP contribution in [0.4, 0.5) is 0 Å². The van der Waals surface area contributed by atoms with Crippen molar-refractivity contribution in [1.29, 1.82) is 0 Å². The monoisotopic (exact) mass is 199 g/mol. The molecular weight excluding hydrogens is 190 g/mol. The summed E-state index contributed by atoms with van der Waals surface area (Å²) in [5, 5.41) is 14.1. The van der Waals surface area contributed by atoms with Crippen molar-refractivity contribution in [3.63, 3.8) is 0 Å². The molecule has 0 aliphatic carbocycles. The molecule has 76 valence electrons. The lowest BCUT2D eigenvalue weighted by molar-refractivity contribution is -0.137. The lowest BCUT2D eigenvalue weighted by atomic mass is 10.3. The molecule has 1 aromatic heterocycles. The first-order valence-corrected chi connectivity index (χ1v) is 3.90. The average Bonchev–Trinajstić information content (AvgIpc) is 2.62. The van der Waals surface area contributed by atoms with E-state index in [-0.39, 0.29) is 24.6 Å². The first kappa shape index (κ1) is 10.2. The maximum absolute atomic E-state index is 11.0. The summed E-state index contributed by atoms with van der Waals surface area (Å²) in [7, 11) is 1.44. The number of carboxylic acid groups (broad SMARTS) is 1. The lowest BCUT2D eigenvalue weighted by Gasteiger charge is -1.88. The molecular formula is C7H9N3O4. The van der Waals surface area contributed by atoms with E-state index in [1.807, 2.05) is 0 Å². The van der Waals surface area contributed by atoms with Gasteiger partial charge < -0.3 is 14.9 Å². The van der Waals surface area contributed by atoms with Crippen LogP contribution in [-0.2, 0) is 11.2 Å². The van der Waals surface area contributed by atoms with Crippen LogP contribution < -0.4 is 5.32 Å². The largest absolute Gasteiger partial charge is 0.481 e. The summed E-state index contributed by atoms with van der Waals surface area (Å²) in [4.78, 5) is 24.9. The molecule has 0 saturated heterocycles. The predicted octanol–water partition coefficient (Wildman–Crippen LogP) is -0.554. The fourth-order valence-corrected chi connectivity index (χ4v) is 0.774. The van der Waals surface area contributed by atoms with Crippen molar-refractivity contribution in [3.05, 3.63) is 11.7 Å². The number of carbonyl (C=O) groups is 2. The molecule has 14 heavy (non-hydrogen) atoms. The van der Waals surface area contributed by atoms with Crippen LogP contribution in [0.5, 0.6) is 0 Å². The highest BCUT2D eigenvalue weighted by Crippen LogP contribution is 2.00. The van der Waals surface area contributed by atoms with E-state index in [9.17, 15) is 9.59 Å². The summed E-state index contributed by atoms with van der Waals surface area (Å²) in [5.74, 6) is -1.36. The van der Waals surface area contributed by atoms with Crippen molar-refractivity contribution in [3.8, 4) is 0 Å². The number of nitrogens with zero attached hydrogens (tertiary/aromatic N) is 2. The number of hydrogen-bond donors (Lipinski definition) is 2. The van der Waals surface area contributed by atoms with Gasteiger partial charge in [0.2, 0.25) is 5.89 Å². The zero-order chi connectivity index (χ0) is 10.6. The highest BCUT2D eigenvalue weighted by Gasteiger charge is 2.13. The molecule has 1 rings (SSSR count). The van der Waals surface area contributed by atoms with Crippen LogP contribution in [0.15, 0.2) is 4.52 Å². The molecule has 0 fully saturated rings. The average molecular weight is 199 g/mol. The van der Waals surface area contributed by atoms with Crippen molar-refractivity contribution in [2.45, 2.75) is 12.8 Å². The molecule has 1 heterocycles. The second-order valence-electron chi connectivity index (χ2n) is 2.48. The van der Waals surface area contributed by atoms with Crippen molar-refractivity contribution in [2.24, 2.45) is 0 Å². The number of rotatable bonds is 4. The number of aliphatic carboxylic acids is 1. The third-order valence-corrected chi connectivity index (χ3v) is 1.45. The second kappa shape index (κ2) is 4.35. The van der Waals surface area contributed by atoms with E-state index < -0.39 is 11.9 Å². The minimum atomic E-state index is -0.954. The number of carboxylic acids is 1. The van der Waals surface area contributed by atoms with Crippen LogP contribution >= 0.6 is 0 Å². The van der Waals surface area contributed by atoms with Gasteiger partial charge in [0.05, 0.1) is 6.42 Å². The Balaban J connectivity index is 2.59. The highest BCUT2D eigenvalue weighted by molar-refractivity contribution is 5.89. The minimum absolute atomic E-state index is 0.0899. The molecule has 0 aliphatic heterocycles. The van der Waals surface area contributed by atoms with Gasteiger partial charge in [0.1, 0.15) is 0 Å². The van der Waals surface area contributed by atoms with E-state index in [0.29, 0.717) is 0 Å². The highest BCUT2D eigenvalue weighted by atomic mass is 16.5. The van der Waals surface area contributed by atoms with Crippen molar-refractivity contribution >= 4 is 11.9 Å². The number of amides is 1. The SMILES string of the molecule is CNC(=O)c1noc(CCC(=O)O)n1. The van der Waals surface area contributed by atoms with Gasteiger partial charge in [0.15, 0.2) is 0 Å². The van der Waals surface area contributed by atoms with Crippen molar-refractivity contribution < 1.29 is 19.2 Å². The minimum Gasteiger partial charge on any atom is -0.481 e. The molecule has 0 spiro atoms. The summed E-state index contributed by atoms with van der Waals surface area (Å²) >= 11 is 0. The van der Waals surface area contributed by atoms with Crippen LogP contribution in [-0.4, -0.2) is 34.2 Å². The van der Waals surface area contributed by atoms with Gasteiger partial charge in [-0.25, -0.2) is 0 Å². The van der Waals surface area contributed by atoms with Crippen LogP contribution in [0.1, 0.15) is 22.9 Å². The van der Waals surface area contributed by atoms with E-state index in [0.717, 1.165) is 0 Å². The van der Waals surface area contributed by atoms with Gasteiger partial charge in [-0.3, -0.25) is 9.59 Å². The maximum atomic E-state index is 11.0. The summed E-state index contributed by atoms with van der Waals surface area (Å²) in [6, 6.07) is 0. The molecule has 1 aromatic rings. The van der Waals surface area contributed by atoms with E-state index in [2.05, 4.69) is 20.0 Å². The third-order valence-electron chi connectivity index (χ3n) is 1.45. The third kappa shape index (κ3) is 2.54. The summed E-state index contributed by atoms with van der Waals surface area (Å²) < 4.78 is 4.65. The van der Waals surface area contributed by atoms with E-state index in [1.54, 1.807) is 0 Å². The van der Waals surface area contributed by atoms with Gasteiger partial charge >= 0.3 is 5.97 Å². The smallest absolute Gasteiger partial charge is 0.303 e. The van der Waals surface area contributed by atoms with E-state index >= 15 is 0 Å². The Morgan fingerprint density at radius 2 is 2.29 bits per heavy atom. The summed E-state index contributed by atoms with van der Waals surface area (Å²) in [5.41, 5.74) is 0. The molecule has 2 N–H and O–H groups in total. The predicted molar refractivity (Wildman–Crippen MR) is 43.6 cm³/mol. The van der Waals surface area contributed by atoms with Gasteiger partial charge in [-0.05, 0) is 0 Å². The topological polar surface area (TPSA) is 105 Å². The van der Waals surface area contributed by atoms with Gasteiger partial charge in [-0.1, -0.05) is 5.16 Å². The molecule has 7 nitrogen and oxygen atoms in total. The van der Waals surface area contributed by atoms with Crippen LogP contribution in [0.25, 0.3) is 0 Å².